The van der Waals surface area contributed by atoms with E-state index in [1.54, 1.807) is 11.8 Å². The second-order valence-electron chi connectivity index (χ2n) is 6.55. The number of carbonyl (C=O) groups excluding carboxylic acids is 1. The van der Waals surface area contributed by atoms with Crippen LogP contribution in [0.3, 0.4) is 0 Å². The average molecular weight is 403 g/mol. The van der Waals surface area contributed by atoms with Crippen LogP contribution >= 0.6 is 23.4 Å². The fourth-order valence-electron chi connectivity index (χ4n) is 3.16. The SMILES string of the molecule is CSCc1c(C(=O)NC[C@H](c2ccccc2Cl)N(C)C)oc2ccccc12. The summed E-state index contributed by atoms with van der Waals surface area (Å²) in [4.78, 5) is 14.9. The Labute approximate surface area is 168 Å². The number of thioether (sulfide) groups is 1. The molecule has 1 N–H and O–H groups in total. The molecule has 0 unspecified atom stereocenters. The Hall–Kier alpha value is -1.95. The third-order valence-corrected chi connectivity index (χ3v) is 5.46. The predicted molar refractivity (Wildman–Crippen MR) is 114 cm³/mol. The van der Waals surface area contributed by atoms with Crippen LogP contribution in [0.15, 0.2) is 52.9 Å². The number of hydrogen-bond donors (Lipinski definition) is 1. The molecule has 0 radical (unpaired) electrons. The van der Waals surface area contributed by atoms with Gasteiger partial charge in [0, 0.05) is 28.3 Å². The van der Waals surface area contributed by atoms with Gasteiger partial charge in [0.05, 0.1) is 6.04 Å². The van der Waals surface area contributed by atoms with Crippen LogP contribution in [0.1, 0.15) is 27.7 Å². The Morgan fingerprint density at radius 2 is 1.89 bits per heavy atom. The molecule has 0 fully saturated rings. The summed E-state index contributed by atoms with van der Waals surface area (Å²) < 4.78 is 5.87. The molecule has 0 bridgehead atoms. The first-order valence-electron chi connectivity index (χ1n) is 8.71. The molecule has 0 aliphatic rings. The quantitative estimate of drug-likeness (QED) is 0.605. The summed E-state index contributed by atoms with van der Waals surface area (Å²) in [6.45, 7) is 0.436. The predicted octanol–water partition coefficient (Wildman–Crippen LogP) is 4.98. The van der Waals surface area contributed by atoms with Crippen LogP contribution in [0, 0.1) is 0 Å². The molecular formula is C21H23ClN2O2S. The van der Waals surface area contributed by atoms with Crippen LogP contribution in [0.4, 0.5) is 0 Å². The molecule has 1 atom stereocenters. The second kappa shape index (κ2) is 8.83. The monoisotopic (exact) mass is 402 g/mol. The van der Waals surface area contributed by atoms with E-state index in [1.165, 1.54) is 0 Å². The Morgan fingerprint density at radius 3 is 2.59 bits per heavy atom. The van der Waals surface area contributed by atoms with Crippen LogP contribution in [0.2, 0.25) is 5.02 Å². The third kappa shape index (κ3) is 4.32. The van der Waals surface area contributed by atoms with Gasteiger partial charge in [0.2, 0.25) is 0 Å². The fourth-order valence-corrected chi connectivity index (χ4v) is 3.99. The number of rotatable bonds is 7. The summed E-state index contributed by atoms with van der Waals surface area (Å²) >= 11 is 8.02. The molecule has 6 heteroatoms. The van der Waals surface area contributed by atoms with Gasteiger partial charge in [0.1, 0.15) is 5.58 Å². The van der Waals surface area contributed by atoms with Crippen molar-refractivity contribution in [1.29, 1.82) is 0 Å². The molecule has 0 saturated carbocycles. The van der Waals surface area contributed by atoms with E-state index in [2.05, 4.69) is 5.32 Å². The zero-order chi connectivity index (χ0) is 19.4. The van der Waals surface area contributed by atoms with E-state index >= 15 is 0 Å². The number of benzene rings is 2. The number of nitrogens with zero attached hydrogens (tertiary/aromatic N) is 1. The number of hydrogen-bond acceptors (Lipinski definition) is 4. The van der Waals surface area contributed by atoms with E-state index in [1.807, 2.05) is 73.8 Å². The summed E-state index contributed by atoms with van der Waals surface area (Å²) in [5, 5.41) is 4.71. The van der Waals surface area contributed by atoms with Gasteiger partial charge in [-0.25, -0.2) is 0 Å². The van der Waals surface area contributed by atoms with Crippen LogP contribution in [0.25, 0.3) is 11.0 Å². The molecule has 0 aliphatic heterocycles. The highest BCUT2D eigenvalue weighted by Gasteiger charge is 2.23. The number of likely N-dealkylation sites (N-methyl/N-ethyl adjacent to an activating group) is 1. The number of para-hydroxylation sites is 1. The highest BCUT2D eigenvalue weighted by Crippen LogP contribution is 2.29. The minimum atomic E-state index is -0.200. The largest absolute Gasteiger partial charge is 0.451 e. The molecule has 3 rings (SSSR count). The van der Waals surface area contributed by atoms with Crippen molar-refractivity contribution in [3.8, 4) is 0 Å². The molecule has 1 amide bonds. The van der Waals surface area contributed by atoms with Crippen molar-refractivity contribution in [2.45, 2.75) is 11.8 Å². The fraction of sp³-hybridized carbons (Fsp3) is 0.286. The molecule has 27 heavy (non-hydrogen) atoms. The minimum absolute atomic E-state index is 0.0315. The lowest BCUT2D eigenvalue weighted by molar-refractivity contribution is 0.0915. The number of carbonyl (C=O) groups is 1. The van der Waals surface area contributed by atoms with Gasteiger partial charge in [0.25, 0.3) is 5.91 Å². The summed E-state index contributed by atoms with van der Waals surface area (Å²) in [6, 6.07) is 15.4. The van der Waals surface area contributed by atoms with Gasteiger partial charge in [-0.1, -0.05) is 48.0 Å². The average Bonchev–Trinajstić information content (AvgIpc) is 3.02. The smallest absolute Gasteiger partial charge is 0.287 e. The van der Waals surface area contributed by atoms with Crippen LogP contribution < -0.4 is 5.32 Å². The maximum atomic E-state index is 12.9. The van der Waals surface area contributed by atoms with Gasteiger partial charge in [-0.15, -0.1) is 0 Å². The highest BCUT2D eigenvalue weighted by molar-refractivity contribution is 7.97. The Morgan fingerprint density at radius 1 is 1.19 bits per heavy atom. The zero-order valence-corrected chi connectivity index (χ0v) is 17.2. The molecule has 3 aromatic rings. The van der Waals surface area contributed by atoms with Crippen molar-refractivity contribution in [2.75, 3.05) is 26.9 Å². The van der Waals surface area contributed by atoms with Gasteiger partial charge in [-0.2, -0.15) is 11.8 Å². The second-order valence-corrected chi connectivity index (χ2v) is 7.82. The first kappa shape index (κ1) is 19.8. The van der Waals surface area contributed by atoms with E-state index in [9.17, 15) is 4.79 Å². The normalized spacial score (nSPS) is 12.5. The molecule has 1 aromatic heterocycles. The molecule has 0 saturated heterocycles. The summed E-state index contributed by atoms with van der Waals surface area (Å²) in [6.07, 6.45) is 2.02. The lowest BCUT2D eigenvalue weighted by Gasteiger charge is -2.25. The molecule has 0 spiro atoms. The molecule has 142 valence electrons. The van der Waals surface area contributed by atoms with Crippen LogP contribution in [-0.2, 0) is 5.75 Å². The zero-order valence-electron chi connectivity index (χ0n) is 15.7. The minimum Gasteiger partial charge on any atom is -0.451 e. The summed E-state index contributed by atoms with van der Waals surface area (Å²) in [5.74, 6) is 0.915. The molecular weight excluding hydrogens is 380 g/mol. The molecule has 2 aromatic carbocycles. The summed E-state index contributed by atoms with van der Waals surface area (Å²) in [5.41, 5.74) is 2.66. The van der Waals surface area contributed by atoms with Gasteiger partial charge >= 0.3 is 0 Å². The first-order valence-corrected chi connectivity index (χ1v) is 10.5. The topological polar surface area (TPSA) is 45.5 Å². The molecule has 4 nitrogen and oxygen atoms in total. The number of nitrogens with one attached hydrogen (secondary N) is 1. The summed E-state index contributed by atoms with van der Waals surface area (Å²) in [7, 11) is 3.95. The third-order valence-electron chi connectivity index (χ3n) is 4.54. The van der Waals surface area contributed by atoms with Crippen molar-refractivity contribution in [3.05, 3.63) is 70.4 Å². The van der Waals surface area contributed by atoms with Gasteiger partial charge in [0.15, 0.2) is 5.76 Å². The Kier molecular flexibility index (Phi) is 6.47. The molecule has 1 heterocycles. The van der Waals surface area contributed by atoms with E-state index in [-0.39, 0.29) is 11.9 Å². The van der Waals surface area contributed by atoms with Crippen LogP contribution in [0.5, 0.6) is 0 Å². The van der Waals surface area contributed by atoms with Crippen molar-refractivity contribution >= 4 is 40.2 Å². The van der Waals surface area contributed by atoms with Crippen molar-refractivity contribution < 1.29 is 9.21 Å². The van der Waals surface area contributed by atoms with Gasteiger partial charge in [-0.3, -0.25) is 4.79 Å². The van der Waals surface area contributed by atoms with E-state index in [0.717, 1.165) is 27.8 Å². The maximum Gasteiger partial charge on any atom is 0.287 e. The van der Waals surface area contributed by atoms with Crippen molar-refractivity contribution in [3.63, 3.8) is 0 Å². The lowest BCUT2D eigenvalue weighted by Crippen LogP contribution is -2.34. The first-order chi connectivity index (χ1) is 13.0. The van der Waals surface area contributed by atoms with E-state index in [0.29, 0.717) is 17.3 Å². The number of amides is 1. The van der Waals surface area contributed by atoms with Gasteiger partial charge < -0.3 is 14.6 Å². The number of furan rings is 1. The molecule has 0 aliphatic carbocycles. The van der Waals surface area contributed by atoms with Crippen LogP contribution in [-0.4, -0.2) is 37.7 Å². The Bertz CT molecular complexity index is 939. The highest BCUT2D eigenvalue weighted by atomic mass is 35.5. The standard InChI is InChI=1S/C21H23ClN2O2S/c1-24(2)18(15-9-4-6-10-17(15)22)12-23-21(25)20-16(13-27-3)14-8-5-7-11-19(14)26-20/h4-11,18H,12-13H2,1-3H3,(H,23,25)/t18-/m1/s1. The van der Waals surface area contributed by atoms with E-state index < -0.39 is 0 Å². The number of halogens is 1. The lowest BCUT2D eigenvalue weighted by atomic mass is 10.1. The van der Waals surface area contributed by atoms with Crippen molar-refractivity contribution in [2.24, 2.45) is 0 Å². The van der Waals surface area contributed by atoms with Crippen molar-refractivity contribution in [1.82, 2.24) is 10.2 Å². The van der Waals surface area contributed by atoms with Gasteiger partial charge in [-0.05, 0) is 38.0 Å². The maximum absolute atomic E-state index is 12.9. The number of fused-ring (bicyclic) bond motifs is 1. The Balaban J connectivity index is 1.83. The van der Waals surface area contributed by atoms with E-state index in [4.69, 9.17) is 16.0 Å².